The molecule has 0 bridgehead atoms. The average molecular weight is 240 g/mol. The number of fused-ring (bicyclic) bond motifs is 2. The van der Waals surface area contributed by atoms with Gasteiger partial charge in [-0.15, -0.1) is 11.8 Å². The van der Waals surface area contributed by atoms with Gasteiger partial charge in [0.05, 0.1) is 4.90 Å². The molecule has 16 heavy (non-hydrogen) atoms. The minimum absolute atomic E-state index is 0.277. The van der Waals surface area contributed by atoms with E-state index >= 15 is 0 Å². The van der Waals surface area contributed by atoms with Crippen molar-refractivity contribution < 1.29 is 18.9 Å². The Balaban J connectivity index is 2.29. The van der Waals surface area contributed by atoms with Crippen molar-refractivity contribution in [2.45, 2.75) is 18.2 Å². The van der Waals surface area contributed by atoms with E-state index in [0.29, 0.717) is 0 Å². The fraction of sp³-hybridized carbons (Fsp3) is 0.455. The fourth-order valence-corrected chi connectivity index (χ4v) is 2.73. The molecule has 0 unspecified atom stereocenters. The van der Waals surface area contributed by atoms with Gasteiger partial charge in [0.1, 0.15) is 0 Å². The van der Waals surface area contributed by atoms with Gasteiger partial charge < -0.3 is 18.9 Å². The fourth-order valence-electron chi connectivity index (χ4n) is 2.06. The second-order valence-corrected chi connectivity index (χ2v) is 4.31. The summed E-state index contributed by atoms with van der Waals surface area (Å²) in [6, 6.07) is 0. The average Bonchev–Trinajstić information content (AvgIpc) is 2.93. The summed E-state index contributed by atoms with van der Waals surface area (Å²) in [5, 5.41) is 0. The lowest BCUT2D eigenvalue weighted by molar-refractivity contribution is 0.161. The van der Waals surface area contributed by atoms with E-state index in [1.807, 2.05) is 6.26 Å². The van der Waals surface area contributed by atoms with Crippen LogP contribution >= 0.6 is 11.8 Å². The summed E-state index contributed by atoms with van der Waals surface area (Å²) in [6.07, 6.45) is 2.83. The van der Waals surface area contributed by atoms with Gasteiger partial charge in [-0.2, -0.15) is 0 Å². The van der Waals surface area contributed by atoms with Crippen LogP contribution in [0.25, 0.3) is 0 Å². The van der Waals surface area contributed by atoms with E-state index in [-0.39, 0.29) is 13.6 Å². The summed E-state index contributed by atoms with van der Waals surface area (Å²) in [5.41, 5.74) is 1.04. The maximum atomic E-state index is 5.52. The summed E-state index contributed by atoms with van der Waals surface area (Å²) >= 11 is 1.59. The molecular weight excluding hydrogens is 228 g/mol. The quantitative estimate of drug-likeness (QED) is 0.742. The van der Waals surface area contributed by atoms with E-state index in [9.17, 15) is 0 Å². The SMILES string of the molecule is CCc1c2c(c(SC)c3c1OCO3)OCO2. The van der Waals surface area contributed by atoms with Crippen molar-refractivity contribution in [3.63, 3.8) is 0 Å². The summed E-state index contributed by atoms with van der Waals surface area (Å²) in [4.78, 5) is 0.970. The van der Waals surface area contributed by atoms with E-state index in [4.69, 9.17) is 18.9 Å². The van der Waals surface area contributed by atoms with Crippen LogP contribution in [0.2, 0.25) is 0 Å². The zero-order valence-electron chi connectivity index (χ0n) is 9.16. The maximum absolute atomic E-state index is 5.52. The van der Waals surface area contributed by atoms with Crippen molar-refractivity contribution in [1.29, 1.82) is 0 Å². The molecule has 86 valence electrons. The van der Waals surface area contributed by atoms with Gasteiger partial charge in [0.2, 0.25) is 13.6 Å². The number of thioether (sulfide) groups is 1. The van der Waals surface area contributed by atoms with Crippen molar-refractivity contribution in [3.05, 3.63) is 5.56 Å². The van der Waals surface area contributed by atoms with Crippen LogP contribution in [0.3, 0.4) is 0 Å². The van der Waals surface area contributed by atoms with Gasteiger partial charge in [-0.1, -0.05) is 6.92 Å². The first-order chi connectivity index (χ1) is 7.86. The monoisotopic (exact) mass is 240 g/mol. The molecular formula is C11H12O4S. The van der Waals surface area contributed by atoms with Crippen LogP contribution in [0.4, 0.5) is 0 Å². The van der Waals surface area contributed by atoms with Gasteiger partial charge in [-0.3, -0.25) is 0 Å². The number of benzene rings is 1. The molecule has 0 radical (unpaired) electrons. The summed E-state index contributed by atoms with van der Waals surface area (Å²) in [5.74, 6) is 3.23. The molecule has 0 aliphatic carbocycles. The lowest BCUT2D eigenvalue weighted by atomic mass is 10.1. The lowest BCUT2D eigenvalue weighted by Gasteiger charge is -2.11. The van der Waals surface area contributed by atoms with E-state index in [2.05, 4.69) is 6.92 Å². The predicted octanol–water partition coefficient (Wildman–Crippen LogP) is 2.43. The number of hydrogen-bond donors (Lipinski definition) is 0. The van der Waals surface area contributed by atoms with Gasteiger partial charge in [0.15, 0.2) is 23.0 Å². The van der Waals surface area contributed by atoms with Crippen LogP contribution in [-0.2, 0) is 6.42 Å². The first-order valence-electron chi connectivity index (χ1n) is 5.14. The van der Waals surface area contributed by atoms with Crippen molar-refractivity contribution in [2.75, 3.05) is 19.8 Å². The van der Waals surface area contributed by atoms with Crippen LogP contribution in [-0.4, -0.2) is 19.8 Å². The van der Waals surface area contributed by atoms with E-state index in [1.165, 1.54) is 0 Å². The van der Waals surface area contributed by atoms with E-state index in [0.717, 1.165) is 39.9 Å². The highest BCUT2D eigenvalue weighted by atomic mass is 32.2. The number of hydrogen-bond acceptors (Lipinski definition) is 5. The molecule has 5 heteroatoms. The summed E-state index contributed by atoms with van der Waals surface area (Å²) in [7, 11) is 0. The van der Waals surface area contributed by atoms with Crippen molar-refractivity contribution in [2.24, 2.45) is 0 Å². The minimum Gasteiger partial charge on any atom is -0.453 e. The standard InChI is InChI=1S/C11H12O4S/c1-3-6-7-9(14-4-12-7)11(16-2)10-8(6)13-5-15-10/h3-5H2,1-2H3. The van der Waals surface area contributed by atoms with Gasteiger partial charge in [0, 0.05) is 5.56 Å². The molecule has 0 amide bonds. The molecule has 0 aromatic heterocycles. The topological polar surface area (TPSA) is 36.9 Å². The molecule has 2 aliphatic heterocycles. The highest BCUT2D eigenvalue weighted by Crippen LogP contribution is 2.55. The first kappa shape index (κ1) is 9.96. The largest absolute Gasteiger partial charge is 0.453 e. The Kier molecular flexibility index (Phi) is 2.28. The van der Waals surface area contributed by atoms with Gasteiger partial charge in [-0.05, 0) is 12.7 Å². The predicted molar refractivity (Wildman–Crippen MR) is 59.8 cm³/mol. The van der Waals surface area contributed by atoms with Crippen molar-refractivity contribution in [3.8, 4) is 23.0 Å². The molecule has 0 fully saturated rings. The third-order valence-electron chi connectivity index (χ3n) is 2.74. The molecule has 3 rings (SSSR count). The van der Waals surface area contributed by atoms with Gasteiger partial charge >= 0.3 is 0 Å². The van der Waals surface area contributed by atoms with E-state index in [1.54, 1.807) is 11.8 Å². The first-order valence-corrected chi connectivity index (χ1v) is 6.37. The zero-order chi connectivity index (χ0) is 11.1. The van der Waals surface area contributed by atoms with Crippen LogP contribution in [0.5, 0.6) is 23.0 Å². The lowest BCUT2D eigenvalue weighted by Crippen LogP contribution is -1.97. The van der Waals surface area contributed by atoms with Crippen LogP contribution < -0.4 is 18.9 Å². The smallest absolute Gasteiger partial charge is 0.231 e. The molecule has 1 aromatic rings. The third kappa shape index (κ3) is 1.18. The maximum Gasteiger partial charge on any atom is 0.231 e. The molecule has 0 saturated carbocycles. The highest BCUT2D eigenvalue weighted by Gasteiger charge is 2.33. The molecule has 4 nitrogen and oxygen atoms in total. The Morgan fingerprint density at radius 1 is 0.938 bits per heavy atom. The minimum atomic E-state index is 0.277. The Hall–Kier alpha value is -1.23. The Bertz CT molecular complexity index is 370. The highest BCUT2D eigenvalue weighted by molar-refractivity contribution is 7.98. The third-order valence-corrected chi connectivity index (χ3v) is 3.52. The van der Waals surface area contributed by atoms with Crippen LogP contribution in [0, 0.1) is 0 Å². The second kappa shape index (κ2) is 3.66. The molecule has 0 spiro atoms. The summed E-state index contributed by atoms with van der Waals surface area (Å²) < 4.78 is 22.1. The molecule has 0 atom stereocenters. The van der Waals surface area contributed by atoms with Gasteiger partial charge in [-0.25, -0.2) is 0 Å². The van der Waals surface area contributed by atoms with Crippen molar-refractivity contribution >= 4 is 11.8 Å². The normalized spacial score (nSPS) is 15.6. The Morgan fingerprint density at radius 2 is 1.44 bits per heavy atom. The zero-order valence-corrected chi connectivity index (χ0v) is 9.98. The van der Waals surface area contributed by atoms with Crippen LogP contribution in [0.1, 0.15) is 12.5 Å². The van der Waals surface area contributed by atoms with Gasteiger partial charge in [0.25, 0.3) is 0 Å². The van der Waals surface area contributed by atoms with Crippen molar-refractivity contribution in [1.82, 2.24) is 0 Å². The summed E-state index contributed by atoms with van der Waals surface area (Å²) in [6.45, 7) is 2.62. The molecule has 2 heterocycles. The number of ether oxygens (including phenoxy) is 4. The van der Waals surface area contributed by atoms with E-state index < -0.39 is 0 Å². The molecule has 1 aromatic carbocycles. The number of rotatable bonds is 2. The molecule has 0 N–H and O–H groups in total. The van der Waals surface area contributed by atoms with Crippen LogP contribution in [0.15, 0.2) is 4.90 Å². The molecule has 0 saturated heterocycles. The Morgan fingerprint density at radius 3 is 1.88 bits per heavy atom. The molecule has 2 aliphatic rings. The Labute approximate surface area is 97.8 Å². The second-order valence-electron chi connectivity index (χ2n) is 3.49.